The van der Waals surface area contributed by atoms with E-state index in [1.54, 1.807) is 23.0 Å². The fourth-order valence-electron chi connectivity index (χ4n) is 2.98. The Bertz CT molecular complexity index is 1030. The monoisotopic (exact) mass is 424 g/mol. The fourth-order valence-corrected chi connectivity index (χ4v) is 4.94. The lowest BCUT2D eigenvalue weighted by Crippen LogP contribution is -2.46. The van der Waals surface area contributed by atoms with Crippen molar-refractivity contribution in [2.24, 2.45) is 5.10 Å². The van der Waals surface area contributed by atoms with Gasteiger partial charge in [-0.15, -0.1) is 0 Å². The summed E-state index contributed by atoms with van der Waals surface area (Å²) in [5.74, 6) is 0.868. The number of nitrogens with zero attached hydrogens (tertiary/aromatic N) is 2. The molecule has 0 saturated carbocycles. The zero-order chi connectivity index (χ0) is 21.2. The van der Waals surface area contributed by atoms with Gasteiger partial charge in [0.15, 0.2) is 14.0 Å². The van der Waals surface area contributed by atoms with Crippen LogP contribution in [0.5, 0.6) is 5.75 Å². The Kier molecular flexibility index (Phi) is 5.81. The Balaban J connectivity index is 2.09. The molecule has 3 rings (SSSR count). The maximum Gasteiger partial charge on any atom is 0.301 e. The molecular weight excluding hydrogens is 396 g/mol. The van der Waals surface area contributed by atoms with Crippen molar-refractivity contribution in [3.05, 3.63) is 66.1 Å². The number of fused-ring (bicyclic) bond motifs is 1. The van der Waals surface area contributed by atoms with Crippen LogP contribution in [0.1, 0.15) is 16.1 Å². The van der Waals surface area contributed by atoms with Gasteiger partial charge in [0.05, 0.1) is 12.5 Å². The third-order valence-electron chi connectivity index (χ3n) is 4.21. The molecule has 0 aliphatic heterocycles. The molecule has 2 aromatic carbocycles. The minimum atomic E-state index is -2.10. The molecule has 0 aliphatic carbocycles. The van der Waals surface area contributed by atoms with Crippen molar-refractivity contribution in [2.75, 3.05) is 0 Å². The lowest BCUT2D eigenvalue weighted by atomic mass is 10.0. The van der Waals surface area contributed by atoms with Crippen LogP contribution in [-0.4, -0.2) is 33.3 Å². The highest BCUT2D eigenvalue weighted by Crippen LogP contribution is 2.29. The highest BCUT2D eigenvalue weighted by molar-refractivity contribution is 6.75. The normalized spacial score (nSPS) is 12.5. The van der Waals surface area contributed by atoms with E-state index in [-0.39, 0.29) is 5.91 Å². The van der Waals surface area contributed by atoms with Crippen LogP contribution >= 0.6 is 0 Å². The summed E-state index contributed by atoms with van der Waals surface area (Å²) in [4.78, 5) is 13.0. The molecule has 0 aliphatic rings. The third-order valence-corrected chi connectivity index (χ3v) is 6.63. The molecule has 1 aromatic heterocycles. The van der Waals surface area contributed by atoms with Crippen LogP contribution in [0.3, 0.4) is 0 Å². The first-order valence-corrected chi connectivity index (χ1v) is 16.5. The molecule has 0 radical (unpaired) electrons. The first-order valence-electron chi connectivity index (χ1n) is 9.69. The summed E-state index contributed by atoms with van der Waals surface area (Å²) in [6.07, 6.45) is 3.26. The SMILES string of the molecule is C[Si](C)(C)Oc1ccc2ccccc2c1/C=N/N(C(=O)c1ccco1)[Si](C)(C)C. The molecule has 0 spiro atoms. The molecule has 29 heavy (non-hydrogen) atoms. The number of hydrogen-bond donors (Lipinski definition) is 0. The molecule has 152 valence electrons. The van der Waals surface area contributed by atoms with Gasteiger partial charge < -0.3 is 8.84 Å². The predicted molar refractivity (Wildman–Crippen MR) is 124 cm³/mol. The van der Waals surface area contributed by atoms with E-state index in [4.69, 9.17) is 8.84 Å². The number of hydrazone groups is 1. The minimum Gasteiger partial charge on any atom is -0.544 e. The van der Waals surface area contributed by atoms with Crippen LogP contribution in [0.25, 0.3) is 10.8 Å². The Morgan fingerprint density at radius 3 is 2.34 bits per heavy atom. The third kappa shape index (κ3) is 5.04. The summed E-state index contributed by atoms with van der Waals surface area (Å²) >= 11 is 0. The standard InChI is InChI=1S/C22H28N2O3Si2/c1-28(2,3)24(22(25)21-12-9-15-26-21)23-16-19-18-11-8-7-10-17(18)13-14-20(19)27-29(4,5)6/h7-16H,1-6H3/b23-16+. The van der Waals surface area contributed by atoms with E-state index < -0.39 is 16.6 Å². The van der Waals surface area contributed by atoms with Gasteiger partial charge in [-0.1, -0.05) is 30.3 Å². The van der Waals surface area contributed by atoms with Gasteiger partial charge in [0.2, 0.25) is 8.32 Å². The molecule has 0 atom stereocenters. The number of carbonyl (C=O) groups is 1. The van der Waals surface area contributed by atoms with Gasteiger partial charge in [0.25, 0.3) is 0 Å². The highest BCUT2D eigenvalue weighted by Gasteiger charge is 2.31. The summed E-state index contributed by atoms with van der Waals surface area (Å²) in [7, 11) is -3.92. The second-order valence-electron chi connectivity index (χ2n) is 8.92. The number of amides is 1. The topological polar surface area (TPSA) is 55.0 Å². The highest BCUT2D eigenvalue weighted by atomic mass is 28.4. The van der Waals surface area contributed by atoms with Crippen LogP contribution in [-0.2, 0) is 0 Å². The van der Waals surface area contributed by atoms with Crippen molar-refractivity contribution >= 4 is 39.4 Å². The summed E-state index contributed by atoms with van der Waals surface area (Å²) in [5.41, 5.74) is 0.890. The van der Waals surface area contributed by atoms with Gasteiger partial charge in [-0.25, -0.2) is 0 Å². The van der Waals surface area contributed by atoms with E-state index in [9.17, 15) is 4.79 Å². The van der Waals surface area contributed by atoms with E-state index in [0.29, 0.717) is 5.76 Å². The van der Waals surface area contributed by atoms with Gasteiger partial charge in [-0.05, 0) is 68.3 Å². The van der Waals surface area contributed by atoms with Gasteiger partial charge in [-0.3, -0.25) is 9.47 Å². The van der Waals surface area contributed by atoms with E-state index in [2.05, 4.69) is 62.6 Å². The van der Waals surface area contributed by atoms with Crippen LogP contribution in [0.15, 0.2) is 64.3 Å². The van der Waals surface area contributed by atoms with E-state index in [1.807, 2.05) is 18.2 Å². The second-order valence-corrected chi connectivity index (χ2v) is 18.1. The van der Waals surface area contributed by atoms with Gasteiger partial charge >= 0.3 is 5.91 Å². The summed E-state index contributed by atoms with van der Waals surface area (Å²) in [5, 5.41) is 6.81. The molecule has 5 nitrogen and oxygen atoms in total. The number of carbonyl (C=O) groups excluding carboxylic acids is 1. The first-order chi connectivity index (χ1) is 13.6. The molecule has 1 amide bonds. The second kappa shape index (κ2) is 8.00. The molecule has 7 heteroatoms. The number of rotatable bonds is 6. The van der Waals surface area contributed by atoms with E-state index in [1.165, 1.54) is 6.26 Å². The van der Waals surface area contributed by atoms with Crippen molar-refractivity contribution in [2.45, 2.75) is 39.3 Å². The Morgan fingerprint density at radius 2 is 1.72 bits per heavy atom. The summed E-state index contributed by atoms with van der Waals surface area (Å²) in [6.45, 7) is 12.7. The largest absolute Gasteiger partial charge is 0.544 e. The van der Waals surface area contributed by atoms with Crippen molar-refractivity contribution in [1.82, 2.24) is 4.67 Å². The lowest BCUT2D eigenvalue weighted by molar-refractivity contribution is 0.0824. The van der Waals surface area contributed by atoms with Crippen LogP contribution in [0, 0.1) is 0 Å². The average Bonchev–Trinajstić information content (AvgIpc) is 3.15. The Morgan fingerprint density at radius 1 is 1.00 bits per heavy atom. The maximum atomic E-state index is 13.0. The Hall–Kier alpha value is -2.65. The smallest absolute Gasteiger partial charge is 0.301 e. The first kappa shape index (κ1) is 21.1. The maximum absolute atomic E-state index is 13.0. The molecule has 0 bridgehead atoms. The average molecular weight is 425 g/mol. The van der Waals surface area contributed by atoms with Gasteiger partial charge in [0.1, 0.15) is 5.75 Å². The Labute approximate surface area is 174 Å². The number of benzene rings is 2. The van der Waals surface area contributed by atoms with Gasteiger partial charge in [-0.2, -0.15) is 5.10 Å². The van der Waals surface area contributed by atoms with Crippen LogP contribution in [0.4, 0.5) is 0 Å². The number of hydrogen-bond acceptors (Lipinski definition) is 4. The minimum absolute atomic E-state index is 0.224. The van der Waals surface area contributed by atoms with Crippen molar-refractivity contribution in [3.8, 4) is 5.75 Å². The molecule has 0 unspecified atom stereocenters. The zero-order valence-electron chi connectivity index (χ0n) is 17.9. The quantitative estimate of drug-likeness (QED) is 0.279. The van der Waals surface area contributed by atoms with Crippen molar-refractivity contribution in [3.63, 3.8) is 0 Å². The number of furan rings is 1. The van der Waals surface area contributed by atoms with Crippen LogP contribution < -0.4 is 4.43 Å². The fraction of sp³-hybridized carbons (Fsp3) is 0.273. The zero-order valence-corrected chi connectivity index (χ0v) is 19.9. The molecule has 0 N–H and O–H groups in total. The van der Waals surface area contributed by atoms with E-state index in [0.717, 1.165) is 22.1 Å². The van der Waals surface area contributed by atoms with Crippen LogP contribution in [0.2, 0.25) is 39.3 Å². The molecule has 3 aromatic rings. The summed E-state index contributed by atoms with van der Waals surface area (Å²) < 4.78 is 13.2. The lowest BCUT2D eigenvalue weighted by Gasteiger charge is -2.28. The van der Waals surface area contributed by atoms with Crippen molar-refractivity contribution in [1.29, 1.82) is 0 Å². The molecule has 0 saturated heterocycles. The van der Waals surface area contributed by atoms with Gasteiger partial charge in [0, 0.05) is 5.56 Å². The molecular formula is C22H28N2O3Si2. The summed E-state index contributed by atoms with van der Waals surface area (Å²) in [6, 6.07) is 15.6. The molecule has 1 heterocycles. The predicted octanol–water partition coefficient (Wildman–Crippen LogP) is 5.96. The van der Waals surface area contributed by atoms with E-state index >= 15 is 0 Å². The molecule has 0 fully saturated rings. The van der Waals surface area contributed by atoms with Crippen molar-refractivity contribution < 1.29 is 13.6 Å².